The first-order chi connectivity index (χ1) is 13.6. The Hall–Kier alpha value is -2.35. The number of thioether (sulfide) groups is 1. The van der Waals surface area contributed by atoms with Crippen molar-refractivity contribution in [2.75, 3.05) is 5.75 Å². The van der Waals surface area contributed by atoms with E-state index in [1.54, 1.807) is 0 Å². The first-order valence-electron chi connectivity index (χ1n) is 9.70. The van der Waals surface area contributed by atoms with Crippen molar-refractivity contribution in [3.63, 3.8) is 0 Å². The van der Waals surface area contributed by atoms with Crippen LogP contribution in [0.5, 0.6) is 0 Å². The third-order valence-corrected chi connectivity index (χ3v) is 5.64. The van der Waals surface area contributed by atoms with Gasteiger partial charge in [-0.2, -0.15) is 0 Å². The number of carbonyl (C=O) groups excluding carboxylic acids is 2. The summed E-state index contributed by atoms with van der Waals surface area (Å²) in [6.07, 6.45) is 6.04. The Kier molecular flexibility index (Phi) is 7.47. The van der Waals surface area contributed by atoms with Gasteiger partial charge in [0, 0.05) is 12.5 Å². The summed E-state index contributed by atoms with van der Waals surface area (Å²) in [5.74, 6) is 0.463. The molecule has 0 bridgehead atoms. The van der Waals surface area contributed by atoms with Crippen LogP contribution in [0.15, 0.2) is 40.0 Å². The summed E-state index contributed by atoms with van der Waals surface area (Å²) < 4.78 is 5.61. The van der Waals surface area contributed by atoms with E-state index in [4.69, 9.17) is 4.42 Å². The maximum absolute atomic E-state index is 12.0. The number of carbonyl (C=O) groups is 2. The van der Waals surface area contributed by atoms with E-state index in [9.17, 15) is 9.59 Å². The number of nitrogens with one attached hydrogen (secondary N) is 2. The second-order valence-corrected chi connectivity index (χ2v) is 8.05. The molecule has 2 aromatic rings. The van der Waals surface area contributed by atoms with Crippen molar-refractivity contribution in [3.05, 3.63) is 41.8 Å². The average molecular weight is 403 g/mol. The number of aromatic nitrogens is 2. The number of benzene rings is 1. The molecule has 8 heteroatoms. The molecule has 1 saturated carbocycles. The minimum atomic E-state index is -0.430. The number of urea groups is 1. The van der Waals surface area contributed by atoms with E-state index in [1.165, 1.54) is 12.0 Å². The Labute approximate surface area is 169 Å². The highest BCUT2D eigenvalue weighted by Gasteiger charge is 2.18. The van der Waals surface area contributed by atoms with E-state index in [1.807, 2.05) is 18.2 Å². The zero-order valence-electron chi connectivity index (χ0n) is 16.0. The van der Waals surface area contributed by atoms with Crippen molar-refractivity contribution < 1.29 is 14.0 Å². The minimum absolute atomic E-state index is 0.0496. The lowest BCUT2D eigenvalue weighted by Crippen LogP contribution is -2.45. The summed E-state index contributed by atoms with van der Waals surface area (Å²) in [7, 11) is 0. The lowest BCUT2D eigenvalue weighted by molar-refractivity contribution is -0.117. The van der Waals surface area contributed by atoms with Crippen molar-refractivity contribution in [2.45, 2.75) is 62.6 Å². The SMILES string of the molecule is CC(Cc1nnc(SCC(=O)NC(=O)NC2CCCCC2)o1)c1ccccc1. The van der Waals surface area contributed by atoms with Gasteiger partial charge in [-0.25, -0.2) is 4.79 Å². The fourth-order valence-electron chi connectivity index (χ4n) is 3.30. The van der Waals surface area contributed by atoms with E-state index < -0.39 is 6.03 Å². The molecule has 1 unspecified atom stereocenters. The number of hydrogen-bond donors (Lipinski definition) is 2. The van der Waals surface area contributed by atoms with Gasteiger partial charge >= 0.3 is 6.03 Å². The molecule has 0 saturated heterocycles. The standard InChI is InChI=1S/C20H26N4O3S/c1-14(15-8-4-2-5-9-15)12-18-23-24-20(27-18)28-13-17(25)22-19(26)21-16-10-6-3-7-11-16/h2,4-5,8-9,14,16H,3,6-7,10-13H2,1H3,(H2,21,22,25,26). The van der Waals surface area contributed by atoms with Crippen LogP contribution in [0.2, 0.25) is 0 Å². The Morgan fingerprint density at radius 2 is 1.93 bits per heavy atom. The molecule has 1 aliphatic carbocycles. The fourth-order valence-corrected chi connectivity index (χ4v) is 3.88. The highest BCUT2D eigenvalue weighted by Crippen LogP contribution is 2.22. The smallest absolute Gasteiger partial charge is 0.321 e. The first kappa shape index (κ1) is 20.4. The molecule has 28 heavy (non-hydrogen) atoms. The van der Waals surface area contributed by atoms with Gasteiger partial charge in [0.05, 0.1) is 5.75 Å². The fraction of sp³-hybridized carbons (Fsp3) is 0.500. The Balaban J connectivity index is 1.40. The first-order valence-corrected chi connectivity index (χ1v) is 10.7. The van der Waals surface area contributed by atoms with Gasteiger partial charge < -0.3 is 9.73 Å². The summed E-state index contributed by atoms with van der Waals surface area (Å²) in [6.45, 7) is 2.10. The zero-order chi connectivity index (χ0) is 19.8. The summed E-state index contributed by atoms with van der Waals surface area (Å²) in [6, 6.07) is 9.87. The quantitative estimate of drug-likeness (QED) is 0.686. The Morgan fingerprint density at radius 1 is 1.18 bits per heavy atom. The molecule has 1 aliphatic rings. The van der Waals surface area contributed by atoms with Crippen LogP contribution in [-0.4, -0.2) is 33.9 Å². The second kappa shape index (κ2) is 10.3. The van der Waals surface area contributed by atoms with Gasteiger partial charge in [0.2, 0.25) is 11.8 Å². The Morgan fingerprint density at radius 3 is 2.68 bits per heavy atom. The molecule has 0 spiro atoms. The molecule has 3 rings (SSSR count). The summed E-state index contributed by atoms with van der Waals surface area (Å²) in [4.78, 5) is 23.8. The van der Waals surface area contributed by atoms with Crippen LogP contribution in [0.3, 0.4) is 0 Å². The normalized spacial score (nSPS) is 15.8. The van der Waals surface area contributed by atoms with Crippen molar-refractivity contribution in [3.8, 4) is 0 Å². The lowest BCUT2D eigenvalue weighted by Gasteiger charge is -2.22. The van der Waals surface area contributed by atoms with Crippen molar-refractivity contribution >= 4 is 23.7 Å². The van der Waals surface area contributed by atoms with Gasteiger partial charge in [-0.15, -0.1) is 10.2 Å². The predicted octanol–water partition coefficient (Wildman–Crippen LogP) is 3.67. The van der Waals surface area contributed by atoms with Crippen LogP contribution < -0.4 is 10.6 Å². The van der Waals surface area contributed by atoms with E-state index in [0.717, 1.165) is 37.4 Å². The third-order valence-electron chi connectivity index (χ3n) is 4.82. The number of nitrogens with zero attached hydrogens (tertiary/aromatic N) is 2. The molecule has 1 aromatic heterocycles. The average Bonchev–Trinajstić information content (AvgIpc) is 3.15. The predicted molar refractivity (Wildman–Crippen MR) is 107 cm³/mol. The van der Waals surface area contributed by atoms with Crippen LogP contribution in [-0.2, 0) is 11.2 Å². The van der Waals surface area contributed by atoms with Crippen LogP contribution in [0, 0.1) is 0 Å². The zero-order valence-corrected chi connectivity index (χ0v) is 16.8. The molecule has 2 N–H and O–H groups in total. The molecule has 7 nitrogen and oxygen atoms in total. The monoisotopic (exact) mass is 402 g/mol. The molecule has 1 atom stereocenters. The minimum Gasteiger partial charge on any atom is -0.416 e. The number of hydrogen-bond acceptors (Lipinski definition) is 6. The molecule has 0 radical (unpaired) electrons. The van der Waals surface area contributed by atoms with Gasteiger partial charge in [-0.3, -0.25) is 10.1 Å². The largest absolute Gasteiger partial charge is 0.416 e. The highest BCUT2D eigenvalue weighted by molar-refractivity contribution is 7.99. The van der Waals surface area contributed by atoms with Gasteiger partial charge in [-0.1, -0.05) is 68.3 Å². The molecule has 1 fully saturated rings. The second-order valence-electron chi connectivity index (χ2n) is 7.12. The lowest BCUT2D eigenvalue weighted by atomic mass is 9.96. The van der Waals surface area contributed by atoms with Crippen LogP contribution in [0.4, 0.5) is 4.79 Å². The molecular weight excluding hydrogens is 376 g/mol. The maximum atomic E-state index is 12.0. The summed E-state index contributed by atoms with van der Waals surface area (Å²) in [5.41, 5.74) is 1.21. The van der Waals surface area contributed by atoms with E-state index >= 15 is 0 Å². The maximum Gasteiger partial charge on any atom is 0.321 e. The highest BCUT2D eigenvalue weighted by atomic mass is 32.2. The molecule has 3 amide bonds. The summed E-state index contributed by atoms with van der Waals surface area (Å²) >= 11 is 1.13. The van der Waals surface area contributed by atoms with E-state index in [0.29, 0.717) is 17.5 Å². The van der Waals surface area contributed by atoms with Crippen LogP contribution in [0.1, 0.15) is 56.4 Å². The van der Waals surface area contributed by atoms with Crippen molar-refractivity contribution in [2.24, 2.45) is 0 Å². The number of imide groups is 1. The van der Waals surface area contributed by atoms with Gasteiger partial charge in [0.15, 0.2) is 0 Å². The van der Waals surface area contributed by atoms with Crippen LogP contribution >= 0.6 is 11.8 Å². The third kappa shape index (κ3) is 6.37. The van der Waals surface area contributed by atoms with E-state index in [2.05, 4.69) is 39.9 Å². The number of amides is 3. The molecular formula is C20H26N4O3S. The summed E-state index contributed by atoms with van der Waals surface area (Å²) in [5, 5.41) is 13.6. The molecule has 0 aliphatic heterocycles. The number of rotatable bonds is 7. The van der Waals surface area contributed by atoms with Crippen LogP contribution in [0.25, 0.3) is 0 Å². The topological polar surface area (TPSA) is 97.1 Å². The molecule has 1 aromatic carbocycles. The van der Waals surface area contributed by atoms with Crippen molar-refractivity contribution in [1.82, 2.24) is 20.8 Å². The molecule has 1 heterocycles. The van der Waals surface area contributed by atoms with E-state index in [-0.39, 0.29) is 23.6 Å². The van der Waals surface area contributed by atoms with Gasteiger partial charge in [0.25, 0.3) is 5.22 Å². The van der Waals surface area contributed by atoms with Gasteiger partial charge in [-0.05, 0) is 24.3 Å². The van der Waals surface area contributed by atoms with Gasteiger partial charge in [0.1, 0.15) is 0 Å². The van der Waals surface area contributed by atoms with Crippen molar-refractivity contribution in [1.29, 1.82) is 0 Å². The molecule has 150 valence electrons. The Bertz CT molecular complexity index is 775.